The van der Waals surface area contributed by atoms with Crippen LogP contribution >= 0.6 is 0 Å². The monoisotopic (exact) mass is 546 g/mol. The van der Waals surface area contributed by atoms with Crippen molar-refractivity contribution in [2.75, 3.05) is 26.7 Å². The summed E-state index contributed by atoms with van der Waals surface area (Å²) < 4.78 is 6.36. The van der Waals surface area contributed by atoms with Crippen molar-refractivity contribution in [3.63, 3.8) is 0 Å². The summed E-state index contributed by atoms with van der Waals surface area (Å²) in [5.74, 6) is 0.930. The highest BCUT2D eigenvalue weighted by atomic mass is 16.6. The molecule has 1 amide bonds. The molecule has 1 N–H and O–H groups in total. The second-order valence-corrected chi connectivity index (χ2v) is 12.6. The maximum absolute atomic E-state index is 13.4. The van der Waals surface area contributed by atoms with Crippen LogP contribution in [0.1, 0.15) is 82.3 Å². The van der Waals surface area contributed by atoms with Gasteiger partial charge in [0.25, 0.3) is 0 Å². The minimum Gasteiger partial charge on any atom is -0.508 e. The maximum atomic E-state index is 13.4. The molecule has 0 bridgehead atoms. The van der Waals surface area contributed by atoms with Gasteiger partial charge in [-0.2, -0.15) is 0 Å². The van der Waals surface area contributed by atoms with Crippen LogP contribution in [0.25, 0.3) is 0 Å². The Morgan fingerprint density at radius 2 is 1.82 bits per heavy atom. The van der Waals surface area contributed by atoms with E-state index in [0.29, 0.717) is 19.4 Å². The van der Waals surface area contributed by atoms with Crippen molar-refractivity contribution >= 4 is 11.9 Å². The van der Waals surface area contributed by atoms with Gasteiger partial charge in [-0.3, -0.25) is 14.5 Å². The van der Waals surface area contributed by atoms with Crippen LogP contribution in [0.15, 0.2) is 54.6 Å². The molecule has 0 aromatic heterocycles. The van der Waals surface area contributed by atoms with Crippen molar-refractivity contribution in [3.8, 4) is 5.75 Å². The number of unbranched alkanes of at least 4 members (excludes halogenated alkanes) is 2. The lowest BCUT2D eigenvalue weighted by molar-refractivity contribution is -0.190. The quantitative estimate of drug-likeness (QED) is 0.282. The number of piperidine rings is 1. The Bertz CT molecular complexity index is 1170. The molecule has 6 heteroatoms. The molecular weight excluding hydrogens is 500 g/mol. The number of ether oxygens (including phenoxy) is 1. The predicted molar refractivity (Wildman–Crippen MR) is 157 cm³/mol. The minimum atomic E-state index is -0.669. The molecule has 1 aliphatic heterocycles. The van der Waals surface area contributed by atoms with E-state index in [0.717, 1.165) is 69.5 Å². The zero-order chi connectivity index (χ0) is 28.2. The van der Waals surface area contributed by atoms with Gasteiger partial charge >= 0.3 is 5.97 Å². The van der Waals surface area contributed by atoms with Crippen LogP contribution < -0.4 is 0 Å². The van der Waals surface area contributed by atoms with E-state index in [9.17, 15) is 14.7 Å². The fourth-order valence-electron chi connectivity index (χ4n) is 7.42. The van der Waals surface area contributed by atoms with E-state index in [1.807, 2.05) is 30.1 Å². The number of aromatic hydroxyl groups is 1. The number of rotatable bonds is 11. The van der Waals surface area contributed by atoms with E-state index in [2.05, 4.69) is 35.2 Å². The Hall–Kier alpha value is -2.86. The number of likely N-dealkylation sites (tertiary alicyclic amines) is 1. The molecule has 2 aliphatic carbocycles. The first-order valence-corrected chi connectivity index (χ1v) is 15.3. The first-order chi connectivity index (χ1) is 19.3. The van der Waals surface area contributed by atoms with Gasteiger partial charge in [0, 0.05) is 44.9 Å². The van der Waals surface area contributed by atoms with Crippen LogP contribution in [0, 0.1) is 5.92 Å². The van der Waals surface area contributed by atoms with E-state index in [4.69, 9.17) is 4.74 Å². The molecule has 0 unspecified atom stereocenters. The molecule has 3 atom stereocenters. The lowest BCUT2D eigenvalue weighted by Gasteiger charge is -2.60. The van der Waals surface area contributed by atoms with E-state index >= 15 is 0 Å². The fraction of sp³-hybridized carbons (Fsp3) is 0.588. The van der Waals surface area contributed by atoms with Crippen molar-refractivity contribution in [3.05, 3.63) is 65.7 Å². The number of benzene rings is 2. The summed E-state index contributed by atoms with van der Waals surface area (Å²) in [6.45, 7) is 4.22. The third-order valence-corrected chi connectivity index (χ3v) is 9.76. The summed E-state index contributed by atoms with van der Waals surface area (Å²) in [6.07, 6.45) is 10.3. The highest BCUT2D eigenvalue weighted by Crippen LogP contribution is 2.55. The van der Waals surface area contributed by atoms with Gasteiger partial charge in [0.05, 0.1) is 0 Å². The number of hydrogen-bond donors (Lipinski definition) is 1. The highest BCUT2D eigenvalue weighted by Gasteiger charge is 2.61. The van der Waals surface area contributed by atoms with Gasteiger partial charge in [0.2, 0.25) is 5.91 Å². The number of phenols is 1. The molecule has 1 saturated heterocycles. The van der Waals surface area contributed by atoms with Gasteiger partial charge in [0.1, 0.15) is 11.4 Å². The number of fused-ring (bicyclic) bond motifs is 1. The number of esters is 1. The summed E-state index contributed by atoms with van der Waals surface area (Å²) in [5, 5.41) is 10.5. The van der Waals surface area contributed by atoms with Gasteiger partial charge in [-0.15, -0.1) is 0 Å². The number of hydrogen-bond acceptors (Lipinski definition) is 5. The number of carbonyl (C=O) groups excluding carboxylic acids is 2. The average molecular weight is 547 g/mol. The average Bonchev–Trinajstić information content (AvgIpc) is 3.76. The minimum absolute atomic E-state index is 0.0674. The Morgan fingerprint density at radius 1 is 1.02 bits per heavy atom. The summed E-state index contributed by atoms with van der Waals surface area (Å²) >= 11 is 0. The van der Waals surface area contributed by atoms with Crippen molar-refractivity contribution in [2.24, 2.45) is 5.92 Å². The molecule has 2 aromatic rings. The van der Waals surface area contributed by atoms with Crippen molar-refractivity contribution in [2.45, 2.75) is 94.6 Å². The SMILES string of the molecule is CC(=O)O[C@]12CC[C@H](N(C)C(=O)CCCCCc3ccccc3)C[C@]1(c1cccc(O)c1)CCN(CC1CC1)C2. The molecule has 5 rings (SSSR count). The third-order valence-electron chi connectivity index (χ3n) is 9.76. The molecule has 3 aliphatic rings. The van der Waals surface area contributed by atoms with Crippen molar-refractivity contribution in [1.82, 2.24) is 9.80 Å². The van der Waals surface area contributed by atoms with Crippen LogP contribution in [-0.4, -0.2) is 65.1 Å². The smallest absolute Gasteiger partial charge is 0.303 e. The van der Waals surface area contributed by atoms with E-state index in [1.165, 1.54) is 25.3 Å². The Morgan fingerprint density at radius 3 is 2.55 bits per heavy atom. The molecule has 2 saturated carbocycles. The first kappa shape index (κ1) is 28.7. The fourth-order valence-corrected chi connectivity index (χ4v) is 7.42. The first-order valence-electron chi connectivity index (χ1n) is 15.3. The number of nitrogens with zero attached hydrogens (tertiary/aromatic N) is 2. The topological polar surface area (TPSA) is 70.1 Å². The van der Waals surface area contributed by atoms with E-state index in [1.54, 1.807) is 6.07 Å². The van der Waals surface area contributed by atoms with Crippen molar-refractivity contribution < 1.29 is 19.4 Å². The number of aryl methyl sites for hydroxylation is 1. The van der Waals surface area contributed by atoms with Gasteiger partial charge in [-0.25, -0.2) is 0 Å². The number of carbonyl (C=O) groups is 2. The van der Waals surface area contributed by atoms with Gasteiger partial charge in [-0.1, -0.05) is 48.9 Å². The zero-order valence-electron chi connectivity index (χ0n) is 24.3. The highest BCUT2D eigenvalue weighted by molar-refractivity contribution is 5.76. The Balaban J connectivity index is 1.29. The summed E-state index contributed by atoms with van der Waals surface area (Å²) in [5.41, 5.74) is 1.25. The lowest BCUT2D eigenvalue weighted by Crippen LogP contribution is -2.68. The summed E-state index contributed by atoms with van der Waals surface area (Å²) in [4.78, 5) is 30.4. The molecule has 2 aromatic carbocycles. The Kier molecular flexibility index (Phi) is 8.84. The normalized spacial score (nSPS) is 26.6. The largest absolute Gasteiger partial charge is 0.508 e. The lowest BCUT2D eigenvalue weighted by atomic mass is 9.55. The number of amides is 1. The second kappa shape index (κ2) is 12.3. The van der Waals surface area contributed by atoms with Gasteiger partial charge in [-0.05, 0) is 93.5 Å². The molecular formula is C34H46N2O4. The van der Waals surface area contributed by atoms with E-state index < -0.39 is 11.0 Å². The maximum Gasteiger partial charge on any atom is 0.303 e. The standard InChI is InChI=1S/C34H46N2O4/c1-26(37)40-34-19-18-30(35(2)32(39)15-8-4-7-12-27-10-5-3-6-11-27)23-33(34,29-13-9-14-31(38)22-29)20-21-36(25-34)24-28-16-17-28/h3,5-6,9-11,13-14,22,28,30,38H,4,7-8,12,15-21,23-25H2,1-2H3/t30-,33-,34-/m0/s1. The van der Waals surface area contributed by atoms with Crippen LogP contribution in [0.4, 0.5) is 0 Å². The van der Waals surface area contributed by atoms with Crippen molar-refractivity contribution in [1.29, 1.82) is 0 Å². The van der Waals surface area contributed by atoms with Gasteiger partial charge in [0.15, 0.2) is 0 Å². The van der Waals surface area contributed by atoms with Crippen LogP contribution in [0.3, 0.4) is 0 Å². The van der Waals surface area contributed by atoms with Crippen LogP contribution in [0.2, 0.25) is 0 Å². The second-order valence-electron chi connectivity index (χ2n) is 12.6. The molecule has 3 fully saturated rings. The van der Waals surface area contributed by atoms with Crippen LogP contribution in [-0.2, 0) is 26.2 Å². The molecule has 1 heterocycles. The molecule has 0 spiro atoms. The molecule has 216 valence electrons. The van der Waals surface area contributed by atoms with Crippen LogP contribution in [0.5, 0.6) is 5.75 Å². The summed E-state index contributed by atoms with van der Waals surface area (Å²) in [6, 6.07) is 18.1. The molecule has 0 radical (unpaired) electrons. The molecule has 6 nitrogen and oxygen atoms in total. The predicted octanol–water partition coefficient (Wildman–Crippen LogP) is 5.86. The summed E-state index contributed by atoms with van der Waals surface area (Å²) in [7, 11) is 1.95. The Labute approximate surface area is 239 Å². The van der Waals surface area contributed by atoms with E-state index in [-0.39, 0.29) is 23.7 Å². The number of phenolic OH excluding ortho intramolecular Hbond substituents is 1. The molecule has 40 heavy (non-hydrogen) atoms. The zero-order valence-corrected chi connectivity index (χ0v) is 24.3. The van der Waals surface area contributed by atoms with Gasteiger partial charge < -0.3 is 14.7 Å². The third kappa shape index (κ3) is 6.38.